The minimum absolute atomic E-state index is 0.177. The third kappa shape index (κ3) is 5.47. The SMILES string of the molecule is CCOCc1cccc(NC(=O)C(=O)NC[C@@H](C)c2cccs2)c1. The van der Waals surface area contributed by atoms with Crippen molar-refractivity contribution in [3.63, 3.8) is 0 Å². The first-order valence-electron chi connectivity index (χ1n) is 7.89. The van der Waals surface area contributed by atoms with Gasteiger partial charge in [0, 0.05) is 29.6 Å². The van der Waals surface area contributed by atoms with Gasteiger partial charge in [0.2, 0.25) is 0 Å². The van der Waals surface area contributed by atoms with E-state index in [2.05, 4.69) is 10.6 Å². The molecule has 0 bridgehead atoms. The zero-order valence-corrected chi connectivity index (χ0v) is 14.7. The zero-order chi connectivity index (χ0) is 17.4. The van der Waals surface area contributed by atoms with Gasteiger partial charge in [-0.15, -0.1) is 11.3 Å². The quantitative estimate of drug-likeness (QED) is 0.757. The van der Waals surface area contributed by atoms with Gasteiger partial charge >= 0.3 is 11.8 Å². The van der Waals surface area contributed by atoms with E-state index in [-0.39, 0.29) is 5.92 Å². The molecule has 24 heavy (non-hydrogen) atoms. The van der Waals surface area contributed by atoms with E-state index in [1.54, 1.807) is 23.5 Å². The molecule has 1 heterocycles. The summed E-state index contributed by atoms with van der Waals surface area (Å²) in [7, 11) is 0. The molecule has 2 rings (SSSR count). The molecular weight excluding hydrogens is 324 g/mol. The molecule has 0 saturated carbocycles. The van der Waals surface area contributed by atoms with Gasteiger partial charge in [-0.05, 0) is 36.1 Å². The zero-order valence-electron chi connectivity index (χ0n) is 13.9. The Bertz CT molecular complexity index is 671. The number of benzene rings is 1. The highest BCUT2D eigenvalue weighted by Crippen LogP contribution is 2.19. The van der Waals surface area contributed by atoms with Crippen molar-refractivity contribution in [3.05, 3.63) is 52.2 Å². The number of hydrogen-bond donors (Lipinski definition) is 2. The molecule has 0 radical (unpaired) electrons. The maximum Gasteiger partial charge on any atom is 0.313 e. The van der Waals surface area contributed by atoms with Crippen LogP contribution in [0.4, 0.5) is 5.69 Å². The molecule has 1 aromatic heterocycles. The number of nitrogens with one attached hydrogen (secondary N) is 2. The van der Waals surface area contributed by atoms with Crippen molar-refractivity contribution in [2.75, 3.05) is 18.5 Å². The molecule has 1 aromatic carbocycles. The van der Waals surface area contributed by atoms with E-state index in [0.717, 1.165) is 5.56 Å². The summed E-state index contributed by atoms with van der Waals surface area (Å²) < 4.78 is 5.34. The van der Waals surface area contributed by atoms with Crippen molar-refractivity contribution in [2.45, 2.75) is 26.4 Å². The molecule has 128 valence electrons. The topological polar surface area (TPSA) is 67.4 Å². The van der Waals surface area contributed by atoms with Crippen LogP contribution >= 0.6 is 11.3 Å². The highest BCUT2D eigenvalue weighted by molar-refractivity contribution is 7.10. The Labute approximate surface area is 146 Å². The van der Waals surface area contributed by atoms with Gasteiger partial charge < -0.3 is 15.4 Å². The Morgan fingerprint density at radius 2 is 2.04 bits per heavy atom. The summed E-state index contributed by atoms with van der Waals surface area (Å²) in [5, 5.41) is 7.28. The maximum atomic E-state index is 12.0. The monoisotopic (exact) mass is 346 g/mol. The Morgan fingerprint density at radius 3 is 2.75 bits per heavy atom. The Balaban J connectivity index is 1.84. The summed E-state index contributed by atoms with van der Waals surface area (Å²) in [5.74, 6) is -1.12. The van der Waals surface area contributed by atoms with Crippen LogP contribution in [0.2, 0.25) is 0 Å². The molecule has 0 spiro atoms. The molecule has 1 atom stereocenters. The number of carbonyl (C=O) groups is 2. The summed E-state index contributed by atoms with van der Waals surface area (Å²) in [6.45, 7) is 5.47. The molecule has 0 aliphatic carbocycles. The van der Waals surface area contributed by atoms with Gasteiger partial charge in [-0.1, -0.05) is 25.1 Å². The smallest absolute Gasteiger partial charge is 0.313 e. The van der Waals surface area contributed by atoms with E-state index in [4.69, 9.17) is 4.74 Å². The number of hydrogen-bond acceptors (Lipinski definition) is 4. The van der Waals surface area contributed by atoms with Crippen LogP contribution in [0.15, 0.2) is 41.8 Å². The fourth-order valence-electron chi connectivity index (χ4n) is 2.14. The predicted molar refractivity (Wildman–Crippen MR) is 96.1 cm³/mol. The standard InChI is InChI=1S/C18H22N2O3S/c1-3-23-12-14-6-4-7-15(10-14)20-18(22)17(21)19-11-13(2)16-8-5-9-24-16/h4-10,13H,3,11-12H2,1-2H3,(H,19,21)(H,20,22)/t13-/m1/s1. The van der Waals surface area contributed by atoms with Crippen molar-refractivity contribution in [3.8, 4) is 0 Å². The second-order valence-corrected chi connectivity index (χ2v) is 6.40. The second-order valence-electron chi connectivity index (χ2n) is 5.42. The second kappa shape index (κ2) is 9.20. The highest BCUT2D eigenvalue weighted by Gasteiger charge is 2.15. The summed E-state index contributed by atoms with van der Waals surface area (Å²) in [5.41, 5.74) is 1.53. The van der Waals surface area contributed by atoms with Gasteiger partial charge in [0.1, 0.15) is 0 Å². The normalized spacial score (nSPS) is 11.8. The lowest BCUT2D eigenvalue weighted by molar-refractivity contribution is -0.136. The third-order valence-electron chi connectivity index (χ3n) is 3.46. The summed E-state index contributed by atoms with van der Waals surface area (Å²) in [6.07, 6.45) is 0. The Morgan fingerprint density at radius 1 is 1.21 bits per heavy atom. The van der Waals surface area contributed by atoms with Gasteiger partial charge in [-0.25, -0.2) is 0 Å². The average Bonchev–Trinajstić information content (AvgIpc) is 3.12. The van der Waals surface area contributed by atoms with Crippen molar-refractivity contribution >= 4 is 28.8 Å². The fourth-order valence-corrected chi connectivity index (χ4v) is 2.93. The lowest BCUT2D eigenvalue weighted by atomic mass is 10.1. The minimum atomic E-state index is -0.665. The van der Waals surface area contributed by atoms with Crippen molar-refractivity contribution in [1.29, 1.82) is 0 Å². The first kappa shape index (κ1) is 18.2. The molecule has 5 nitrogen and oxygen atoms in total. The number of anilines is 1. The molecule has 0 fully saturated rings. The number of carbonyl (C=O) groups excluding carboxylic acids is 2. The Hall–Kier alpha value is -2.18. The van der Waals surface area contributed by atoms with Crippen molar-refractivity contribution in [2.24, 2.45) is 0 Å². The molecule has 6 heteroatoms. The number of amides is 2. The first-order chi connectivity index (χ1) is 11.6. The molecule has 0 saturated heterocycles. The molecular formula is C18H22N2O3S. The summed E-state index contributed by atoms with van der Waals surface area (Å²) in [6, 6.07) is 11.3. The largest absolute Gasteiger partial charge is 0.377 e. The van der Waals surface area contributed by atoms with Crippen LogP contribution < -0.4 is 10.6 Å². The van der Waals surface area contributed by atoms with E-state index in [1.807, 2.05) is 43.5 Å². The summed E-state index contributed by atoms with van der Waals surface area (Å²) >= 11 is 1.64. The average molecular weight is 346 g/mol. The van der Waals surface area contributed by atoms with E-state index < -0.39 is 11.8 Å². The van der Waals surface area contributed by atoms with Gasteiger partial charge in [0.15, 0.2) is 0 Å². The molecule has 2 aromatic rings. The third-order valence-corrected chi connectivity index (χ3v) is 4.57. The van der Waals surface area contributed by atoms with E-state index in [9.17, 15) is 9.59 Å². The lowest BCUT2D eigenvalue weighted by Gasteiger charge is -2.11. The Kier molecular flexibility index (Phi) is 6.96. The highest BCUT2D eigenvalue weighted by atomic mass is 32.1. The molecule has 0 aliphatic rings. The van der Waals surface area contributed by atoms with Gasteiger partial charge in [0.25, 0.3) is 0 Å². The number of thiophene rings is 1. The van der Waals surface area contributed by atoms with Crippen LogP contribution in [0.3, 0.4) is 0 Å². The fraction of sp³-hybridized carbons (Fsp3) is 0.333. The van der Waals surface area contributed by atoms with E-state index >= 15 is 0 Å². The van der Waals surface area contributed by atoms with Crippen LogP contribution in [0.1, 0.15) is 30.2 Å². The van der Waals surface area contributed by atoms with E-state index in [0.29, 0.717) is 25.4 Å². The van der Waals surface area contributed by atoms with Crippen LogP contribution in [-0.4, -0.2) is 25.0 Å². The number of ether oxygens (including phenoxy) is 1. The van der Waals surface area contributed by atoms with Gasteiger partial charge in [-0.3, -0.25) is 9.59 Å². The van der Waals surface area contributed by atoms with E-state index in [1.165, 1.54) is 4.88 Å². The lowest BCUT2D eigenvalue weighted by Crippen LogP contribution is -2.37. The number of rotatable bonds is 7. The maximum absolute atomic E-state index is 12.0. The summed E-state index contributed by atoms with van der Waals surface area (Å²) in [4.78, 5) is 25.1. The van der Waals surface area contributed by atoms with Crippen molar-refractivity contribution < 1.29 is 14.3 Å². The first-order valence-corrected chi connectivity index (χ1v) is 8.77. The molecule has 0 unspecified atom stereocenters. The molecule has 0 aliphatic heterocycles. The molecule has 2 amide bonds. The van der Waals surface area contributed by atoms with Crippen LogP contribution in [0.5, 0.6) is 0 Å². The van der Waals surface area contributed by atoms with Crippen LogP contribution in [-0.2, 0) is 20.9 Å². The van der Waals surface area contributed by atoms with Crippen molar-refractivity contribution in [1.82, 2.24) is 5.32 Å². The predicted octanol–water partition coefficient (Wildman–Crippen LogP) is 3.14. The van der Waals surface area contributed by atoms with Crippen LogP contribution in [0.25, 0.3) is 0 Å². The van der Waals surface area contributed by atoms with Gasteiger partial charge in [-0.2, -0.15) is 0 Å². The molecule has 2 N–H and O–H groups in total. The van der Waals surface area contributed by atoms with Gasteiger partial charge in [0.05, 0.1) is 6.61 Å². The minimum Gasteiger partial charge on any atom is -0.377 e. The van der Waals surface area contributed by atoms with Crippen LogP contribution in [0, 0.1) is 0 Å².